The molecule has 0 spiro atoms. The number of imidazole rings is 1. The largest absolute Gasteiger partial charge is 0.342 e. The number of benzene rings is 2. The van der Waals surface area contributed by atoms with Gasteiger partial charge in [0.15, 0.2) is 0 Å². The lowest BCUT2D eigenvalue weighted by atomic mass is 9.96. The summed E-state index contributed by atoms with van der Waals surface area (Å²) in [6.45, 7) is 0. The van der Waals surface area contributed by atoms with Crippen LogP contribution in [0.2, 0.25) is 0 Å². The molecule has 0 saturated heterocycles. The summed E-state index contributed by atoms with van der Waals surface area (Å²) in [6, 6.07) is 17.1. The molecule has 18 heavy (non-hydrogen) atoms. The maximum Gasteiger partial charge on any atom is 0.137 e. The highest BCUT2D eigenvalue weighted by Gasteiger charge is 2.12. The number of nitrogens with zero attached hydrogens (tertiary/aromatic N) is 1. The highest BCUT2D eigenvalue weighted by molar-refractivity contribution is 5.73. The van der Waals surface area contributed by atoms with E-state index in [0.717, 1.165) is 17.8 Å². The van der Waals surface area contributed by atoms with E-state index in [9.17, 15) is 0 Å². The molecule has 2 heteroatoms. The Hall–Kier alpha value is -2.35. The summed E-state index contributed by atoms with van der Waals surface area (Å²) in [4.78, 5) is 7.84. The van der Waals surface area contributed by atoms with Crippen LogP contribution >= 0.6 is 0 Å². The number of rotatable bonds is 0. The summed E-state index contributed by atoms with van der Waals surface area (Å²) in [5.41, 5.74) is 6.23. The van der Waals surface area contributed by atoms with Gasteiger partial charge in [0, 0.05) is 23.9 Å². The van der Waals surface area contributed by atoms with Crippen LogP contribution in [0.3, 0.4) is 0 Å². The van der Waals surface area contributed by atoms with Crippen LogP contribution in [0, 0.1) is 0 Å². The van der Waals surface area contributed by atoms with Gasteiger partial charge >= 0.3 is 0 Å². The number of aromatic nitrogens is 2. The van der Waals surface area contributed by atoms with Crippen LogP contribution in [0.1, 0.15) is 11.3 Å². The average Bonchev–Trinajstić information content (AvgIpc) is 2.88. The summed E-state index contributed by atoms with van der Waals surface area (Å²) in [6.07, 6.45) is 2.84. The second-order valence-corrected chi connectivity index (χ2v) is 4.67. The molecule has 0 saturated carbocycles. The van der Waals surface area contributed by atoms with Crippen LogP contribution in [0.4, 0.5) is 0 Å². The predicted octanol–water partition coefficient (Wildman–Crippen LogP) is 3.65. The fourth-order valence-corrected chi connectivity index (χ4v) is 2.59. The third kappa shape index (κ3) is 1.39. The minimum atomic E-state index is 0.904. The van der Waals surface area contributed by atoms with Gasteiger partial charge < -0.3 is 4.98 Å². The molecule has 1 aromatic heterocycles. The normalized spacial score (nSPS) is 12.2. The van der Waals surface area contributed by atoms with Crippen LogP contribution in [-0.4, -0.2) is 9.97 Å². The third-order valence-corrected chi connectivity index (χ3v) is 3.47. The van der Waals surface area contributed by atoms with Gasteiger partial charge in [0.25, 0.3) is 0 Å². The van der Waals surface area contributed by atoms with Gasteiger partial charge in [0.2, 0.25) is 0 Å². The summed E-state index contributed by atoms with van der Waals surface area (Å²) >= 11 is 0. The van der Waals surface area contributed by atoms with E-state index in [2.05, 4.69) is 58.5 Å². The zero-order chi connectivity index (χ0) is 11.9. The van der Waals surface area contributed by atoms with Gasteiger partial charge in [0.05, 0.1) is 0 Å². The van der Waals surface area contributed by atoms with Gasteiger partial charge in [-0.2, -0.15) is 0 Å². The number of fused-ring (bicyclic) bond motifs is 7. The van der Waals surface area contributed by atoms with Crippen molar-refractivity contribution in [2.24, 2.45) is 0 Å². The Balaban J connectivity index is 2.08. The molecule has 86 valence electrons. The second kappa shape index (κ2) is 3.57. The van der Waals surface area contributed by atoms with Crippen molar-refractivity contribution in [3.8, 4) is 22.5 Å². The van der Waals surface area contributed by atoms with E-state index in [1.807, 2.05) is 6.20 Å². The van der Waals surface area contributed by atoms with Crippen LogP contribution in [-0.2, 0) is 6.42 Å². The first-order valence-electron chi connectivity index (χ1n) is 6.13. The van der Waals surface area contributed by atoms with Gasteiger partial charge in [-0.15, -0.1) is 0 Å². The highest BCUT2D eigenvalue weighted by atomic mass is 14.9. The zero-order valence-electron chi connectivity index (χ0n) is 9.85. The number of aromatic amines is 1. The Labute approximate surface area is 105 Å². The Morgan fingerprint density at radius 3 is 2.83 bits per heavy atom. The zero-order valence-corrected chi connectivity index (χ0v) is 9.85. The molecule has 1 aliphatic rings. The lowest BCUT2D eigenvalue weighted by molar-refractivity contribution is 1.11. The first-order chi connectivity index (χ1) is 8.90. The third-order valence-electron chi connectivity index (χ3n) is 3.47. The summed E-state index contributed by atoms with van der Waals surface area (Å²) in [5.74, 6) is 0.958. The molecular weight excluding hydrogens is 220 g/mol. The summed E-state index contributed by atoms with van der Waals surface area (Å²) in [7, 11) is 0. The van der Waals surface area contributed by atoms with Crippen molar-refractivity contribution in [2.45, 2.75) is 6.42 Å². The smallest absolute Gasteiger partial charge is 0.137 e. The molecule has 4 bridgehead atoms. The standard InChI is InChI=1S/C16H12N2/c1-2-7-15-11-5-3-6-13(8-11)16-17-10-14(18-16)9-12(15)4-1/h1-8,10H,9H2,(H,17,18). The molecule has 0 atom stereocenters. The highest BCUT2D eigenvalue weighted by Crippen LogP contribution is 2.30. The van der Waals surface area contributed by atoms with Crippen molar-refractivity contribution in [3.05, 3.63) is 66.0 Å². The topological polar surface area (TPSA) is 28.7 Å². The van der Waals surface area contributed by atoms with Gasteiger partial charge in [-0.25, -0.2) is 4.98 Å². The molecule has 0 fully saturated rings. The molecular formula is C16H12N2. The second-order valence-electron chi connectivity index (χ2n) is 4.67. The minimum Gasteiger partial charge on any atom is -0.342 e. The van der Waals surface area contributed by atoms with Crippen molar-refractivity contribution < 1.29 is 0 Å². The minimum absolute atomic E-state index is 0.904. The monoisotopic (exact) mass is 232 g/mol. The van der Waals surface area contributed by atoms with Crippen LogP contribution in [0.5, 0.6) is 0 Å². The average molecular weight is 232 g/mol. The van der Waals surface area contributed by atoms with E-state index in [1.54, 1.807) is 0 Å². The Bertz CT molecular complexity index is 725. The van der Waals surface area contributed by atoms with Gasteiger partial charge in [0.1, 0.15) is 5.82 Å². The molecule has 1 aliphatic heterocycles. The molecule has 0 unspecified atom stereocenters. The molecule has 2 aromatic carbocycles. The summed E-state index contributed by atoms with van der Waals surface area (Å²) < 4.78 is 0. The molecule has 0 aliphatic carbocycles. The van der Waals surface area contributed by atoms with Crippen LogP contribution < -0.4 is 0 Å². The Kier molecular flexibility index (Phi) is 1.92. The van der Waals surface area contributed by atoms with Crippen molar-refractivity contribution in [1.82, 2.24) is 9.97 Å². The molecule has 4 rings (SSSR count). The van der Waals surface area contributed by atoms with Gasteiger partial charge in [-0.1, -0.05) is 42.5 Å². The van der Waals surface area contributed by atoms with Crippen molar-refractivity contribution in [2.75, 3.05) is 0 Å². The molecule has 0 amide bonds. The van der Waals surface area contributed by atoms with Crippen LogP contribution in [0.15, 0.2) is 54.7 Å². The Morgan fingerprint density at radius 2 is 1.83 bits per heavy atom. The van der Waals surface area contributed by atoms with E-state index >= 15 is 0 Å². The maximum atomic E-state index is 4.45. The number of nitrogens with one attached hydrogen (secondary N) is 1. The van der Waals surface area contributed by atoms with Crippen molar-refractivity contribution >= 4 is 0 Å². The number of hydrogen-bond acceptors (Lipinski definition) is 1. The van der Waals surface area contributed by atoms with E-state index < -0.39 is 0 Å². The lowest BCUT2D eigenvalue weighted by Crippen LogP contribution is -1.91. The van der Waals surface area contributed by atoms with E-state index in [0.29, 0.717) is 0 Å². The fraction of sp³-hybridized carbons (Fsp3) is 0.0625. The van der Waals surface area contributed by atoms with Crippen molar-refractivity contribution in [1.29, 1.82) is 0 Å². The van der Waals surface area contributed by atoms with Crippen LogP contribution in [0.25, 0.3) is 22.5 Å². The molecule has 1 N–H and O–H groups in total. The van der Waals surface area contributed by atoms with E-state index in [-0.39, 0.29) is 0 Å². The molecule has 3 aromatic rings. The number of hydrogen-bond donors (Lipinski definition) is 1. The SMILES string of the molecule is c1cc2cc(c1)-c1ccccc1Cc1cnc-2[nH]1. The predicted molar refractivity (Wildman–Crippen MR) is 72.3 cm³/mol. The Morgan fingerprint density at radius 1 is 0.944 bits per heavy atom. The number of H-pyrrole nitrogens is 1. The lowest BCUT2D eigenvalue weighted by Gasteiger charge is -2.08. The van der Waals surface area contributed by atoms with Crippen molar-refractivity contribution in [3.63, 3.8) is 0 Å². The van der Waals surface area contributed by atoms with Gasteiger partial charge in [-0.3, -0.25) is 0 Å². The summed E-state index contributed by atoms with van der Waals surface area (Å²) in [5, 5.41) is 0. The van der Waals surface area contributed by atoms with Gasteiger partial charge in [-0.05, 0) is 22.8 Å². The first-order valence-corrected chi connectivity index (χ1v) is 6.13. The molecule has 2 nitrogen and oxygen atoms in total. The quantitative estimate of drug-likeness (QED) is 0.492. The van der Waals surface area contributed by atoms with E-state index in [4.69, 9.17) is 0 Å². The molecule has 0 radical (unpaired) electrons. The maximum absolute atomic E-state index is 4.45. The fourth-order valence-electron chi connectivity index (χ4n) is 2.59. The van der Waals surface area contributed by atoms with E-state index in [1.165, 1.54) is 22.4 Å². The molecule has 2 heterocycles. The first kappa shape index (κ1) is 9.66.